The van der Waals surface area contributed by atoms with Gasteiger partial charge in [0.2, 0.25) is 0 Å². The second-order valence-corrected chi connectivity index (χ2v) is 7.21. The van der Waals surface area contributed by atoms with Gasteiger partial charge in [-0.1, -0.05) is 18.2 Å². The lowest BCUT2D eigenvalue weighted by Crippen LogP contribution is -2.30. The summed E-state index contributed by atoms with van der Waals surface area (Å²) in [6.45, 7) is 0. The molecule has 116 valence electrons. The highest BCUT2D eigenvalue weighted by molar-refractivity contribution is 7.93. The monoisotopic (exact) mass is 329 g/mol. The van der Waals surface area contributed by atoms with Crippen LogP contribution >= 0.6 is 0 Å². The number of anilines is 1. The number of nitrogens with zero attached hydrogens (tertiary/aromatic N) is 2. The molecule has 1 aromatic heterocycles. The van der Waals surface area contributed by atoms with Crippen molar-refractivity contribution < 1.29 is 12.8 Å². The SMILES string of the molecule is CN1c2c(-c3ccc(F)cc3)n[nH]c2-c2ccccc2S1(=O)=O. The van der Waals surface area contributed by atoms with Crippen LogP contribution in [0.4, 0.5) is 10.1 Å². The molecule has 0 saturated heterocycles. The van der Waals surface area contributed by atoms with Gasteiger partial charge in [-0.3, -0.25) is 9.40 Å². The number of hydrogen-bond donors (Lipinski definition) is 1. The maximum Gasteiger partial charge on any atom is 0.264 e. The van der Waals surface area contributed by atoms with Crippen molar-refractivity contribution in [3.05, 3.63) is 54.3 Å². The summed E-state index contributed by atoms with van der Waals surface area (Å²) in [5, 5.41) is 7.17. The third-order valence-corrected chi connectivity index (χ3v) is 5.78. The molecule has 0 fully saturated rings. The van der Waals surface area contributed by atoms with Gasteiger partial charge in [-0.05, 0) is 30.3 Å². The standard InChI is InChI=1S/C16H12FN3O2S/c1-20-16-14(10-6-8-11(17)9-7-10)18-19-15(16)12-4-2-3-5-13(12)23(20,21)22/h2-9H,1H3,(H,18,19). The molecule has 5 nitrogen and oxygen atoms in total. The Bertz CT molecular complexity index is 1010. The maximum absolute atomic E-state index is 13.1. The van der Waals surface area contributed by atoms with E-state index in [4.69, 9.17) is 0 Å². The predicted octanol–water partition coefficient (Wildman–Crippen LogP) is 3.02. The van der Waals surface area contributed by atoms with Gasteiger partial charge in [0, 0.05) is 18.2 Å². The second-order valence-electron chi connectivity index (χ2n) is 5.27. The summed E-state index contributed by atoms with van der Waals surface area (Å²) >= 11 is 0. The highest BCUT2D eigenvalue weighted by atomic mass is 32.2. The fraction of sp³-hybridized carbons (Fsp3) is 0.0625. The third-order valence-electron chi connectivity index (χ3n) is 3.97. The summed E-state index contributed by atoms with van der Waals surface area (Å²) in [7, 11) is -2.15. The molecule has 1 aliphatic rings. The molecular formula is C16H12FN3O2S. The van der Waals surface area contributed by atoms with E-state index in [9.17, 15) is 12.8 Å². The van der Waals surface area contributed by atoms with Crippen LogP contribution in [0.15, 0.2) is 53.4 Å². The molecule has 23 heavy (non-hydrogen) atoms. The maximum atomic E-state index is 13.1. The Morgan fingerprint density at radius 3 is 2.52 bits per heavy atom. The lowest BCUT2D eigenvalue weighted by molar-refractivity contribution is 0.594. The Balaban J connectivity index is 2.02. The van der Waals surface area contributed by atoms with Crippen LogP contribution in [0.3, 0.4) is 0 Å². The van der Waals surface area contributed by atoms with E-state index >= 15 is 0 Å². The van der Waals surface area contributed by atoms with Crippen LogP contribution in [-0.4, -0.2) is 25.7 Å². The molecule has 1 N–H and O–H groups in total. The van der Waals surface area contributed by atoms with Crippen LogP contribution in [-0.2, 0) is 10.0 Å². The first-order valence-electron chi connectivity index (χ1n) is 6.93. The smallest absolute Gasteiger partial charge is 0.264 e. The second kappa shape index (κ2) is 4.66. The minimum absolute atomic E-state index is 0.240. The van der Waals surface area contributed by atoms with Crippen molar-refractivity contribution >= 4 is 15.7 Å². The summed E-state index contributed by atoms with van der Waals surface area (Å²) in [6, 6.07) is 12.6. The molecule has 2 aromatic carbocycles. The lowest BCUT2D eigenvalue weighted by atomic mass is 10.1. The molecule has 2 heterocycles. The van der Waals surface area contributed by atoms with Crippen molar-refractivity contribution in [2.75, 3.05) is 11.4 Å². The Hall–Kier alpha value is -2.67. The van der Waals surface area contributed by atoms with E-state index in [1.165, 1.54) is 23.5 Å². The van der Waals surface area contributed by atoms with Crippen molar-refractivity contribution in [3.63, 3.8) is 0 Å². The van der Waals surface area contributed by atoms with Crippen LogP contribution < -0.4 is 4.31 Å². The Morgan fingerprint density at radius 1 is 1.09 bits per heavy atom. The summed E-state index contributed by atoms with van der Waals surface area (Å²) in [6.07, 6.45) is 0. The number of H-pyrrole nitrogens is 1. The first-order valence-corrected chi connectivity index (χ1v) is 8.37. The number of fused-ring (bicyclic) bond motifs is 3. The van der Waals surface area contributed by atoms with E-state index in [1.807, 2.05) is 0 Å². The first-order chi connectivity index (χ1) is 11.0. The topological polar surface area (TPSA) is 66.1 Å². The average Bonchev–Trinajstić information content (AvgIpc) is 2.99. The van der Waals surface area contributed by atoms with Crippen LogP contribution in [0.1, 0.15) is 0 Å². The zero-order valence-corrected chi connectivity index (χ0v) is 12.9. The molecule has 0 atom stereocenters. The van der Waals surface area contributed by atoms with Gasteiger partial charge in [0.25, 0.3) is 10.0 Å². The predicted molar refractivity (Wildman–Crippen MR) is 85.0 cm³/mol. The summed E-state index contributed by atoms with van der Waals surface area (Å²) < 4.78 is 39.8. The van der Waals surface area contributed by atoms with Crippen molar-refractivity contribution in [1.82, 2.24) is 10.2 Å². The molecule has 0 saturated carbocycles. The van der Waals surface area contributed by atoms with Gasteiger partial charge in [0.1, 0.15) is 17.2 Å². The lowest BCUT2D eigenvalue weighted by Gasteiger charge is -2.26. The Morgan fingerprint density at radius 2 is 1.78 bits per heavy atom. The number of aromatic nitrogens is 2. The van der Waals surface area contributed by atoms with Gasteiger partial charge in [-0.15, -0.1) is 0 Å². The van der Waals surface area contributed by atoms with E-state index in [2.05, 4.69) is 10.2 Å². The number of nitrogens with one attached hydrogen (secondary N) is 1. The van der Waals surface area contributed by atoms with Gasteiger partial charge < -0.3 is 0 Å². The first kappa shape index (κ1) is 14.0. The molecule has 0 bridgehead atoms. The van der Waals surface area contributed by atoms with E-state index in [1.54, 1.807) is 36.4 Å². The molecule has 4 rings (SSSR count). The van der Waals surface area contributed by atoms with Crippen LogP contribution in [0.2, 0.25) is 0 Å². The molecule has 3 aromatic rings. The zero-order chi connectivity index (χ0) is 16.2. The average molecular weight is 329 g/mol. The van der Waals surface area contributed by atoms with E-state index in [0.29, 0.717) is 28.2 Å². The molecule has 0 aliphatic carbocycles. The van der Waals surface area contributed by atoms with Crippen molar-refractivity contribution in [2.45, 2.75) is 4.90 Å². The van der Waals surface area contributed by atoms with Crippen LogP contribution in [0, 0.1) is 5.82 Å². The largest absolute Gasteiger partial charge is 0.275 e. The molecule has 7 heteroatoms. The summed E-state index contributed by atoms with van der Waals surface area (Å²) in [5.41, 5.74) is 2.81. The third kappa shape index (κ3) is 1.90. The summed E-state index contributed by atoms with van der Waals surface area (Å²) in [5.74, 6) is -0.357. The molecule has 0 spiro atoms. The fourth-order valence-electron chi connectivity index (χ4n) is 2.81. The molecule has 1 aliphatic heterocycles. The van der Waals surface area contributed by atoms with Gasteiger partial charge in [0.15, 0.2) is 0 Å². The number of sulfonamides is 1. The fourth-order valence-corrected chi connectivity index (χ4v) is 4.22. The van der Waals surface area contributed by atoms with Crippen molar-refractivity contribution in [2.24, 2.45) is 0 Å². The van der Waals surface area contributed by atoms with Crippen LogP contribution in [0.5, 0.6) is 0 Å². The quantitative estimate of drug-likeness (QED) is 0.746. The van der Waals surface area contributed by atoms with Gasteiger partial charge in [0.05, 0.1) is 10.6 Å². The molecular weight excluding hydrogens is 317 g/mol. The molecule has 0 radical (unpaired) electrons. The number of halogens is 1. The van der Waals surface area contributed by atoms with Crippen LogP contribution in [0.25, 0.3) is 22.5 Å². The van der Waals surface area contributed by atoms with Gasteiger partial charge in [-0.25, -0.2) is 12.8 Å². The normalized spacial score (nSPS) is 15.1. The van der Waals surface area contributed by atoms with E-state index < -0.39 is 10.0 Å². The minimum Gasteiger partial charge on any atom is -0.275 e. The number of rotatable bonds is 1. The molecule has 0 amide bonds. The minimum atomic E-state index is -3.64. The van der Waals surface area contributed by atoms with Gasteiger partial charge in [-0.2, -0.15) is 5.10 Å². The zero-order valence-electron chi connectivity index (χ0n) is 12.1. The van der Waals surface area contributed by atoms with Gasteiger partial charge >= 0.3 is 0 Å². The highest BCUT2D eigenvalue weighted by Crippen LogP contribution is 2.45. The van der Waals surface area contributed by atoms with E-state index in [-0.39, 0.29) is 10.7 Å². The van der Waals surface area contributed by atoms with E-state index in [0.717, 1.165) is 0 Å². The summed E-state index contributed by atoms with van der Waals surface area (Å²) in [4.78, 5) is 0.240. The highest BCUT2D eigenvalue weighted by Gasteiger charge is 2.36. The molecule has 0 unspecified atom stereocenters. The Labute approximate surface area is 132 Å². The van der Waals surface area contributed by atoms with Crippen molar-refractivity contribution in [1.29, 1.82) is 0 Å². The number of hydrogen-bond acceptors (Lipinski definition) is 3. The Kier molecular flexibility index (Phi) is 2.83. The number of aromatic amines is 1. The number of benzene rings is 2. The van der Waals surface area contributed by atoms with Crippen molar-refractivity contribution in [3.8, 4) is 22.5 Å².